The summed E-state index contributed by atoms with van der Waals surface area (Å²) >= 11 is 1.63. The fourth-order valence-electron chi connectivity index (χ4n) is 3.35. The molecular weight excluding hydrogens is 380 g/mol. The number of aromatic nitrogens is 3. The van der Waals surface area contributed by atoms with Crippen molar-refractivity contribution in [2.24, 2.45) is 0 Å². The van der Waals surface area contributed by atoms with Gasteiger partial charge in [0.25, 0.3) is 5.91 Å². The fraction of sp³-hybridized carbons (Fsp3) is 0.174. The summed E-state index contributed by atoms with van der Waals surface area (Å²) in [6.07, 6.45) is 0. The number of aryl methyl sites for hydroxylation is 2. The monoisotopic (exact) mass is 402 g/mol. The lowest BCUT2D eigenvalue weighted by Crippen LogP contribution is -2.14. The fourth-order valence-corrected chi connectivity index (χ4v) is 3.97. The second kappa shape index (κ2) is 8.01. The van der Waals surface area contributed by atoms with Crippen molar-refractivity contribution >= 4 is 22.9 Å². The Kier molecular flexibility index (Phi) is 5.27. The van der Waals surface area contributed by atoms with Gasteiger partial charge in [-0.2, -0.15) is 5.10 Å². The van der Waals surface area contributed by atoms with E-state index in [0.717, 1.165) is 38.9 Å². The molecule has 1 amide bonds. The first-order valence-corrected chi connectivity index (χ1v) is 10.3. The molecule has 146 valence electrons. The molecule has 0 fully saturated rings. The molecule has 0 saturated heterocycles. The maximum absolute atomic E-state index is 12.9. The van der Waals surface area contributed by atoms with Gasteiger partial charge < -0.3 is 5.32 Å². The van der Waals surface area contributed by atoms with E-state index in [1.165, 1.54) is 0 Å². The third-order valence-electron chi connectivity index (χ3n) is 4.84. The van der Waals surface area contributed by atoms with Gasteiger partial charge >= 0.3 is 0 Å². The Morgan fingerprint density at radius 2 is 1.76 bits per heavy atom. The number of thiazole rings is 1. The maximum Gasteiger partial charge on any atom is 0.259 e. The largest absolute Gasteiger partial charge is 0.322 e. The summed E-state index contributed by atoms with van der Waals surface area (Å²) in [5, 5.41) is 10.6. The number of hydrogen-bond donors (Lipinski definition) is 1. The molecular formula is C23H22N4OS. The maximum atomic E-state index is 12.9. The number of rotatable bonds is 5. The third kappa shape index (κ3) is 4.12. The van der Waals surface area contributed by atoms with Crippen LogP contribution in [-0.4, -0.2) is 20.7 Å². The summed E-state index contributed by atoms with van der Waals surface area (Å²) in [5.74, 6) is -0.142. The molecule has 0 aliphatic carbocycles. The van der Waals surface area contributed by atoms with Crippen LogP contribution in [0.2, 0.25) is 0 Å². The quantitative estimate of drug-likeness (QED) is 0.497. The molecule has 0 bridgehead atoms. The van der Waals surface area contributed by atoms with Crippen LogP contribution in [0.15, 0.2) is 60.0 Å². The molecule has 0 aliphatic heterocycles. The molecule has 2 heterocycles. The van der Waals surface area contributed by atoms with Gasteiger partial charge in [0, 0.05) is 22.3 Å². The van der Waals surface area contributed by atoms with Crippen molar-refractivity contribution < 1.29 is 4.79 Å². The van der Waals surface area contributed by atoms with Crippen molar-refractivity contribution in [3.8, 4) is 11.3 Å². The van der Waals surface area contributed by atoms with E-state index < -0.39 is 0 Å². The number of nitrogens with zero attached hydrogens (tertiary/aromatic N) is 3. The minimum atomic E-state index is -0.142. The van der Waals surface area contributed by atoms with Crippen LogP contribution < -0.4 is 5.32 Å². The van der Waals surface area contributed by atoms with E-state index in [1.54, 1.807) is 11.3 Å². The number of carbonyl (C=O) groups is 1. The lowest BCUT2D eigenvalue weighted by Gasteiger charge is -2.08. The van der Waals surface area contributed by atoms with E-state index in [1.807, 2.05) is 73.3 Å². The Labute approximate surface area is 174 Å². The second-order valence-corrected chi connectivity index (χ2v) is 8.03. The van der Waals surface area contributed by atoms with Crippen LogP contribution in [0.5, 0.6) is 0 Å². The smallest absolute Gasteiger partial charge is 0.259 e. The second-order valence-electron chi connectivity index (χ2n) is 6.97. The topological polar surface area (TPSA) is 59.8 Å². The molecule has 0 unspecified atom stereocenters. The molecule has 4 rings (SSSR count). The molecule has 5 nitrogen and oxygen atoms in total. The molecule has 2 aromatic carbocycles. The van der Waals surface area contributed by atoms with Gasteiger partial charge in [-0.25, -0.2) is 4.98 Å². The van der Waals surface area contributed by atoms with Crippen LogP contribution in [0.4, 0.5) is 5.69 Å². The Bertz CT molecular complexity index is 1140. The van der Waals surface area contributed by atoms with Crippen molar-refractivity contribution in [2.75, 3.05) is 5.32 Å². The third-order valence-corrected chi connectivity index (χ3v) is 5.61. The number of hydrogen-bond acceptors (Lipinski definition) is 4. The normalized spacial score (nSPS) is 10.9. The van der Waals surface area contributed by atoms with E-state index in [-0.39, 0.29) is 5.91 Å². The predicted molar refractivity (Wildman–Crippen MR) is 117 cm³/mol. The highest BCUT2D eigenvalue weighted by Gasteiger charge is 2.19. The van der Waals surface area contributed by atoms with Gasteiger partial charge in [-0.3, -0.25) is 9.48 Å². The summed E-state index contributed by atoms with van der Waals surface area (Å²) in [5.41, 5.74) is 6.11. The minimum absolute atomic E-state index is 0.142. The lowest BCUT2D eigenvalue weighted by atomic mass is 10.1. The van der Waals surface area contributed by atoms with Crippen LogP contribution in [0, 0.1) is 20.8 Å². The highest BCUT2D eigenvalue weighted by molar-refractivity contribution is 7.09. The Hall–Kier alpha value is -3.25. The van der Waals surface area contributed by atoms with Crippen LogP contribution >= 0.6 is 11.3 Å². The Morgan fingerprint density at radius 3 is 2.41 bits per heavy atom. The number of benzene rings is 2. The molecule has 4 aromatic rings. The van der Waals surface area contributed by atoms with Crippen molar-refractivity contribution in [1.29, 1.82) is 0 Å². The van der Waals surface area contributed by atoms with Gasteiger partial charge in [0.1, 0.15) is 0 Å². The summed E-state index contributed by atoms with van der Waals surface area (Å²) in [6, 6.07) is 17.9. The van der Waals surface area contributed by atoms with E-state index in [4.69, 9.17) is 0 Å². The number of amides is 1. The molecule has 6 heteroatoms. The van der Waals surface area contributed by atoms with Crippen LogP contribution in [0.3, 0.4) is 0 Å². The average molecular weight is 403 g/mol. The van der Waals surface area contributed by atoms with Crippen molar-refractivity contribution in [3.63, 3.8) is 0 Å². The van der Waals surface area contributed by atoms with Gasteiger partial charge in [-0.15, -0.1) is 11.3 Å². The highest BCUT2D eigenvalue weighted by atomic mass is 32.1. The van der Waals surface area contributed by atoms with Crippen LogP contribution in [-0.2, 0) is 6.54 Å². The molecule has 0 aliphatic rings. The van der Waals surface area contributed by atoms with Gasteiger partial charge in [0.05, 0.1) is 28.5 Å². The number of nitrogens with one attached hydrogen (secondary N) is 1. The Morgan fingerprint density at radius 1 is 1.03 bits per heavy atom. The van der Waals surface area contributed by atoms with E-state index in [2.05, 4.69) is 27.5 Å². The summed E-state index contributed by atoms with van der Waals surface area (Å²) in [4.78, 5) is 17.4. The molecule has 0 radical (unpaired) electrons. The van der Waals surface area contributed by atoms with E-state index >= 15 is 0 Å². The molecule has 1 N–H and O–H groups in total. The number of carbonyl (C=O) groups excluding carboxylic acids is 1. The first-order valence-electron chi connectivity index (χ1n) is 9.43. The van der Waals surface area contributed by atoms with Crippen molar-refractivity contribution in [2.45, 2.75) is 27.3 Å². The molecule has 0 atom stereocenters. The molecule has 2 aromatic heterocycles. The average Bonchev–Trinajstić information content (AvgIpc) is 3.26. The lowest BCUT2D eigenvalue weighted by molar-refractivity contribution is 0.102. The predicted octanol–water partition coefficient (Wildman–Crippen LogP) is 5.23. The zero-order valence-corrected chi connectivity index (χ0v) is 17.5. The standard InChI is InChI=1S/C23H22N4OS/c1-15-22(16(2)27(26-15)13-18-7-5-4-6-8-18)23(28)25-20-11-9-19(10-12-20)21-14-29-17(3)24-21/h4-12,14H,13H2,1-3H3,(H,25,28). The van der Waals surface area contributed by atoms with Crippen LogP contribution in [0.1, 0.15) is 32.3 Å². The summed E-state index contributed by atoms with van der Waals surface area (Å²) in [7, 11) is 0. The molecule has 0 saturated carbocycles. The summed E-state index contributed by atoms with van der Waals surface area (Å²) in [6.45, 7) is 6.44. The van der Waals surface area contributed by atoms with E-state index in [9.17, 15) is 4.79 Å². The first kappa shape index (κ1) is 19.1. The van der Waals surface area contributed by atoms with Crippen molar-refractivity contribution in [1.82, 2.24) is 14.8 Å². The SMILES string of the molecule is Cc1nc(-c2ccc(NC(=O)c3c(C)nn(Cc4ccccc4)c3C)cc2)cs1. The van der Waals surface area contributed by atoms with Crippen LogP contribution in [0.25, 0.3) is 11.3 Å². The zero-order valence-electron chi connectivity index (χ0n) is 16.6. The molecule has 0 spiro atoms. The van der Waals surface area contributed by atoms with Gasteiger partial charge in [0.15, 0.2) is 0 Å². The highest BCUT2D eigenvalue weighted by Crippen LogP contribution is 2.24. The van der Waals surface area contributed by atoms with E-state index in [0.29, 0.717) is 12.1 Å². The van der Waals surface area contributed by atoms with Gasteiger partial charge in [-0.1, -0.05) is 42.5 Å². The summed E-state index contributed by atoms with van der Waals surface area (Å²) < 4.78 is 1.88. The van der Waals surface area contributed by atoms with Crippen molar-refractivity contribution in [3.05, 3.63) is 87.5 Å². The van der Waals surface area contributed by atoms with Gasteiger partial charge in [-0.05, 0) is 38.5 Å². The van der Waals surface area contributed by atoms with Gasteiger partial charge in [0.2, 0.25) is 0 Å². The Balaban J connectivity index is 1.51. The minimum Gasteiger partial charge on any atom is -0.322 e. The zero-order chi connectivity index (χ0) is 20.4. The molecule has 29 heavy (non-hydrogen) atoms. The number of anilines is 1. The first-order chi connectivity index (χ1) is 14.0.